The molecule has 8 heteroatoms. The van der Waals surface area contributed by atoms with Crippen molar-refractivity contribution in [1.82, 2.24) is 14.9 Å². The van der Waals surface area contributed by atoms with Gasteiger partial charge in [-0.25, -0.2) is 0 Å². The largest absolute Gasteiger partial charge is 0.497 e. The van der Waals surface area contributed by atoms with E-state index in [1.807, 2.05) is 42.5 Å². The van der Waals surface area contributed by atoms with Crippen LogP contribution >= 0.6 is 11.8 Å². The lowest BCUT2D eigenvalue weighted by molar-refractivity contribution is 0.174. The molecular formula is C18H14N4O3S. The van der Waals surface area contributed by atoms with Crippen molar-refractivity contribution in [3.8, 4) is 28.6 Å². The summed E-state index contributed by atoms with van der Waals surface area (Å²) in [7, 11) is 1.64. The molecule has 2 aliphatic heterocycles. The van der Waals surface area contributed by atoms with E-state index in [-0.39, 0.29) is 6.79 Å². The Hall–Kier alpha value is -3.00. The lowest BCUT2D eigenvalue weighted by Crippen LogP contribution is -2.13. The molecule has 0 bridgehead atoms. The van der Waals surface area contributed by atoms with Crippen LogP contribution in [0.5, 0.6) is 17.2 Å². The van der Waals surface area contributed by atoms with E-state index < -0.39 is 0 Å². The fourth-order valence-corrected chi connectivity index (χ4v) is 3.73. The van der Waals surface area contributed by atoms with Gasteiger partial charge in [0.05, 0.1) is 12.8 Å². The third-order valence-corrected chi connectivity index (χ3v) is 5.14. The fourth-order valence-electron chi connectivity index (χ4n) is 2.89. The molecule has 3 heterocycles. The second kappa shape index (κ2) is 6.06. The van der Waals surface area contributed by atoms with Gasteiger partial charge in [0.2, 0.25) is 11.9 Å². The summed E-state index contributed by atoms with van der Waals surface area (Å²) >= 11 is 1.61. The molecule has 0 radical (unpaired) electrons. The van der Waals surface area contributed by atoms with Crippen LogP contribution < -0.4 is 14.2 Å². The quantitative estimate of drug-likeness (QED) is 0.710. The Balaban J connectivity index is 1.57. The van der Waals surface area contributed by atoms with Crippen molar-refractivity contribution < 1.29 is 14.2 Å². The monoisotopic (exact) mass is 366 g/mol. The smallest absolute Gasteiger partial charge is 0.231 e. The Morgan fingerprint density at radius 1 is 1.04 bits per heavy atom. The summed E-state index contributed by atoms with van der Waals surface area (Å²) in [5.41, 5.74) is 2.84. The summed E-state index contributed by atoms with van der Waals surface area (Å²) in [6.45, 7) is 0.260. The van der Waals surface area contributed by atoms with Gasteiger partial charge in [-0.3, -0.25) is 0 Å². The van der Waals surface area contributed by atoms with Gasteiger partial charge < -0.3 is 14.2 Å². The van der Waals surface area contributed by atoms with Crippen molar-refractivity contribution in [2.45, 2.75) is 5.16 Å². The van der Waals surface area contributed by atoms with Gasteiger partial charge in [0.15, 0.2) is 17.3 Å². The topological polar surface area (TPSA) is 70.8 Å². The van der Waals surface area contributed by atoms with Gasteiger partial charge in [-0.15, -0.1) is 10.2 Å². The minimum atomic E-state index is 0.260. The first-order valence-corrected chi connectivity index (χ1v) is 9.01. The highest BCUT2D eigenvalue weighted by molar-refractivity contribution is 7.99. The van der Waals surface area contributed by atoms with Crippen molar-refractivity contribution in [2.75, 3.05) is 19.7 Å². The molecule has 0 spiro atoms. The highest BCUT2D eigenvalue weighted by Gasteiger charge is 2.22. The van der Waals surface area contributed by atoms with Gasteiger partial charge in [0.25, 0.3) is 0 Å². The van der Waals surface area contributed by atoms with E-state index in [0.29, 0.717) is 5.82 Å². The summed E-state index contributed by atoms with van der Waals surface area (Å²) < 4.78 is 17.9. The first-order valence-electron chi connectivity index (χ1n) is 8.02. The molecule has 0 fully saturated rings. The number of ether oxygens (including phenoxy) is 3. The van der Waals surface area contributed by atoms with E-state index in [2.05, 4.69) is 10.2 Å². The van der Waals surface area contributed by atoms with Gasteiger partial charge in [0.1, 0.15) is 5.75 Å². The number of fused-ring (bicyclic) bond motifs is 2. The van der Waals surface area contributed by atoms with Crippen LogP contribution in [0.25, 0.3) is 11.4 Å². The predicted octanol–water partition coefficient (Wildman–Crippen LogP) is 3.04. The van der Waals surface area contributed by atoms with Crippen molar-refractivity contribution >= 4 is 17.5 Å². The predicted molar refractivity (Wildman–Crippen MR) is 97.2 cm³/mol. The zero-order chi connectivity index (χ0) is 17.5. The van der Waals surface area contributed by atoms with E-state index in [1.54, 1.807) is 23.5 Å². The van der Waals surface area contributed by atoms with Gasteiger partial charge in [0, 0.05) is 16.9 Å². The van der Waals surface area contributed by atoms with E-state index in [9.17, 15) is 0 Å². The molecule has 5 rings (SSSR count). The van der Waals surface area contributed by atoms with E-state index >= 15 is 0 Å². The Labute approximate surface area is 153 Å². The number of rotatable bonds is 3. The van der Waals surface area contributed by atoms with Crippen molar-refractivity contribution in [3.05, 3.63) is 48.0 Å². The molecule has 0 aliphatic carbocycles. The van der Waals surface area contributed by atoms with Gasteiger partial charge in [-0.05, 0) is 30.3 Å². The molecule has 0 unspecified atom stereocenters. The average Bonchev–Trinajstić information content (AvgIpc) is 3.33. The second-order valence-electron chi connectivity index (χ2n) is 5.75. The summed E-state index contributed by atoms with van der Waals surface area (Å²) in [5.74, 6) is 3.68. The maximum Gasteiger partial charge on any atom is 0.231 e. The summed E-state index contributed by atoms with van der Waals surface area (Å²) in [6, 6.07) is 13.6. The number of nitrogens with zero attached hydrogens (tertiary/aromatic N) is 4. The SMILES string of the molecule is COc1cccc(-c2nnc3n2N=C(c2ccc4c(c2)OCO4)CS3)c1. The Morgan fingerprint density at radius 2 is 1.96 bits per heavy atom. The number of benzene rings is 2. The minimum Gasteiger partial charge on any atom is -0.497 e. The van der Waals surface area contributed by atoms with Crippen molar-refractivity contribution in [1.29, 1.82) is 0 Å². The van der Waals surface area contributed by atoms with Crippen LogP contribution in [0.15, 0.2) is 52.7 Å². The molecule has 130 valence electrons. The standard InChI is InChI=1S/C18H14N4O3S/c1-23-13-4-2-3-12(7-13)17-19-20-18-22(17)21-14(9-26-18)11-5-6-15-16(8-11)25-10-24-15/h2-8H,9-10H2,1H3. The molecule has 3 aromatic rings. The van der Waals surface area contributed by atoms with Crippen LogP contribution in [0.4, 0.5) is 0 Å². The molecule has 0 saturated carbocycles. The molecule has 2 aliphatic rings. The number of methoxy groups -OCH3 is 1. The van der Waals surface area contributed by atoms with Crippen LogP contribution in [-0.2, 0) is 0 Å². The van der Waals surface area contributed by atoms with Gasteiger partial charge >= 0.3 is 0 Å². The molecule has 0 atom stereocenters. The number of hydrogen-bond donors (Lipinski definition) is 0. The number of aromatic nitrogens is 3. The molecule has 2 aromatic carbocycles. The molecule has 26 heavy (non-hydrogen) atoms. The molecule has 0 N–H and O–H groups in total. The molecular weight excluding hydrogens is 352 g/mol. The molecule has 1 aromatic heterocycles. The van der Waals surface area contributed by atoms with E-state index in [0.717, 1.165) is 45.0 Å². The summed E-state index contributed by atoms with van der Waals surface area (Å²) in [5, 5.41) is 14.1. The highest BCUT2D eigenvalue weighted by atomic mass is 32.2. The van der Waals surface area contributed by atoms with Crippen LogP contribution in [0.1, 0.15) is 5.56 Å². The number of thioether (sulfide) groups is 1. The zero-order valence-corrected chi connectivity index (χ0v) is 14.7. The van der Waals surface area contributed by atoms with Crippen LogP contribution in [-0.4, -0.2) is 40.2 Å². The Kier molecular flexibility index (Phi) is 3.56. The maximum absolute atomic E-state index is 5.47. The van der Waals surface area contributed by atoms with Gasteiger partial charge in [-0.1, -0.05) is 23.9 Å². The Bertz CT molecular complexity index is 1030. The van der Waals surface area contributed by atoms with Crippen molar-refractivity contribution in [3.63, 3.8) is 0 Å². The molecule has 0 amide bonds. The van der Waals surface area contributed by atoms with Crippen LogP contribution in [0.2, 0.25) is 0 Å². The second-order valence-corrected chi connectivity index (χ2v) is 6.70. The van der Waals surface area contributed by atoms with Crippen LogP contribution in [0, 0.1) is 0 Å². The summed E-state index contributed by atoms with van der Waals surface area (Å²) in [4.78, 5) is 0. The van der Waals surface area contributed by atoms with E-state index in [1.165, 1.54) is 0 Å². The zero-order valence-electron chi connectivity index (χ0n) is 13.9. The minimum absolute atomic E-state index is 0.260. The summed E-state index contributed by atoms with van der Waals surface area (Å²) in [6.07, 6.45) is 0. The lowest BCUT2D eigenvalue weighted by Gasteiger charge is -2.14. The number of hydrogen-bond acceptors (Lipinski definition) is 7. The third-order valence-electron chi connectivity index (χ3n) is 4.20. The van der Waals surface area contributed by atoms with E-state index in [4.69, 9.17) is 19.3 Å². The lowest BCUT2D eigenvalue weighted by atomic mass is 10.1. The third kappa shape index (κ3) is 2.50. The fraction of sp³-hybridized carbons (Fsp3) is 0.167. The normalized spacial score (nSPS) is 14.7. The first kappa shape index (κ1) is 15.3. The first-order chi connectivity index (χ1) is 12.8. The van der Waals surface area contributed by atoms with Gasteiger partial charge in [-0.2, -0.15) is 9.78 Å². The maximum atomic E-state index is 5.47. The van der Waals surface area contributed by atoms with Crippen LogP contribution in [0.3, 0.4) is 0 Å². The molecule has 0 saturated heterocycles. The molecule has 7 nitrogen and oxygen atoms in total. The van der Waals surface area contributed by atoms with Crippen molar-refractivity contribution in [2.24, 2.45) is 5.10 Å². The highest BCUT2D eigenvalue weighted by Crippen LogP contribution is 2.35. The Morgan fingerprint density at radius 3 is 2.88 bits per heavy atom. The average molecular weight is 366 g/mol.